The zero-order valence-corrected chi connectivity index (χ0v) is 13.7. The van der Waals surface area contributed by atoms with Crippen LogP contribution in [0.2, 0.25) is 0 Å². The van der Waals surface area contributed by atoms with Crippen molar-refractivity contribution in [2.45, 2.75) is 19.0 Å². The highest BCUT2D eigenvalue weighted by atomic mass is 16.5. The number of aromatic nitrogens is 4. The number of aliphatic hydroxyl groups is 1. The van der Waals surface area contributed by atoms with Crippen molar-refractivity contribution < 1.29 is 9.84 Å². The van der Waals surface area contributed by atoms with Crippen molar-refractivity contribution >= 4 is 5.82 Å². The lowest BCUT2D eigenvalue weighted by Crippen LogP contribution is -2.34. The van der Waals surface area contributed by atoms with E-state index in [2.05, 4.69) is 36.8 Å². The number of hydrogen-bond donors (Lipinski definition) is 1. The van der Waals surface area contributed by atoms with Crippen LogP contribution in [0.15, 0.2) is 30.9 Å². The Morgan fingerprint density at radius 1 is 1.33 bits per heavy atom. The van der Waals surface area contributed by atoms with E-state index < -0.39 is 0 Å². The van der Waals surface area contributed by atoms with E-state index in [9.17, 15) is 0 Å². The van der Waals surface area contributed by atoms with E-state index in [-0.39, 0.29) is 13.2 Å². The summed E-state index contributed by atoms with van der Waals surface area (Å²) in [7, 11) is 2.09. The topological polar surface area (TPSA) is 87.5 Å². The quantitative estimate of drug-likeness (QED) is 0.778. The molecular formula is C16H22N6O2. The molecular weight excluding hydrogens is 308 g/mol. The number of aliphatic hydroxyl groups excluding tert-OH is 1. The van der Waals surface area contributed by atoms with Crippen LogP contribution in [0.1, 0.15) is 12.2 Å². The van der Waals surface area contributed by atoms with Crippen molar-refractivity contribution in [2.24, 2.45) is 0 Å². The monoisotopic (exact) mass is 330 g/mol. The fourth-order valence-electron chi connectivity index (χ4n) is 2.78. The molecule has 1 aliphatic rings. The van der Waals surface area contributed by atoms with Gasteiger partial charge in [-0.25, -0.2) is 9.97 Å². The highest BCUT2D eigenvalue weighted by Gasteiger charge is 2.27. The number of hydrogen-bond acceptors (Lipinski definition) is 8. The molecule has 0 aromatic carbocycles. The Bertz CT molecular complexity index is 641. The lowest BCUT2D eigenvalue weighted by molar-refractivity contribution is 0.196. The third-order valence-corrected chi connectivity index (χ3v) is 4.06. The van der Waals surface area contributed by atoms with E-state index >= 15 is 0 Å². The van der Waals surface area contributed by atoms with E-state index in [1.165, 1.54) is 0 Å². The second-order valence-electron chi connectivity index (χ2n) is 5.76. The average molecular weight is 330 g/mol. The van der Waals surface area contributed by atoms with Crippen LogP contribution in [-0.2, 0) is 6.54 Å². The van der Waals surface area contributed by atoms with Gasteiger partial charge in [-0.1, -0.05) is 0 Å². The zero-order chi connectivity index (χ0) is 16.8. The van der Waals surface area contributed by atoms with Gasteiger partial charge in [-0.3, -0.25) is 9.88 Å². The molecule has 1 aliphatic heterocycles. The molecule has 0 aliphatic carbocycles. The van der Waals surface area contributed by atoms with Gasteiger partial charge in [0.2, 0.25) is 5.88 Å². The minimum atomic E-state index is -0.0377. The van der Waals surface area contributed by atoms with Crippen LogP contribution in [0.5, 0.6) is 5.88 Å². The predicted octanol–water partition coefficient (Wildman–Crippen LogP) is 0.348. The Hall–Kier alpha value is -2.32. The number of likely N-dealkylation sites (N-methyl/N-ethyl adjacent to an activating group) is 1. The summed E-state index contributed by atoms with van der Waals surface area (Å²) in [6.45, 7) is 2.71. The third-order valence-electron chi connectivity index (χ3n) is 4.06. The van der Waals surface area contributed by atoms with Gasteiger partial charge >= 0.3 is 0 Å². The van der Waals surface area contributed by atoms with E-state index in [4.69, 9.17) is 9.84 Å². The molecule has 0 bridgehead atoms. The van der Waals surface area contributed by atoms with E-state index in [0.717, 1.165) is 37.7 Å². The summed E-state index contributed by atoms with van der Waals surface area (Å²) in [4.78, 5) is 21.7. The van der Waals surface area contributed by atoms with E-state index in [0.29, 0.717) is 11.9 Å². The van der Waals surface area contributed by atoms with Gasteiger partial charge in [-0.05, 0) is 19.5 Å². The van der Waals surface area contributed by atoms with Crippen LogP contribution in [-0.4, -0.2) is 69.3 Å². The summed E-state index contributed by atoms with van der Waals surface area (Å²) in [5.74, 6) is 2.07. The molecule has 8 nitrogen and oxygen atoms in total. The highest BCUT2D eigenvalue weighted by molar-refractivity contribution is 5.39. The molecule has 24 heavy (non-hydrogen) atoms. The highest BCUT2D eigenvalue weighted by Crippen LogP contribution is 2.22. The van der Waals surface area contributed by atoms with Crippen molar-refractivity contribution in [3.05, 3.63) is 36.7 Å². The lowest BCUT2D eigenvalue weighted by Gasteiger charge is -2.24. The van der Waals surface area contributed by atoms with Gasteiger partial charge in [0.25, 0.3) is 0 Å². The maximum atomic E-state index is 8.83. The molecule has 2 aromatic heterocycles. The van der Waals surface area contributed by atoms with Crippen molar-refractivity contribution in [1.82, 2.24) is 24.8 Å². The summed E-state index contributed by atoms with van der Waals surface area (Å²) in [6.07, 6.45) is 7.89. The van der Waals surface area contributed by atoms with Gasteiger partial charge in [0.15, 0.2) is 5.82 Å². The molecule has 1 fully saturated rings. The first kappa shape index (κ1) is 16.5. The molecule has 1 saturated heterocycles. The van der Waals surface area contributed by atoms with Crippen molar-refractivity contribution in [3.8, 4) is 5.88 Å². The maximum absolute atomic E-state index is 8.83. The molecule has 0 radical (unpaired) electrons. The molecule has 3 heterocycles. The minimum absolute atomic E-state index is 0.0377. The van der Waals surface area contributed by atoms with E-state index in [1.54, 1.807) is 24.8 Å². The Balaban J connectivity index is 1.58. The van der Waals surface area contributed by atoms with Crippen molar-refractivity contribution in [1.29, 1.82) is 0 Å². The van der Waals surface area contributed by atoms with Crippen molar-refractivity contribution in [2.75, 3.05) is 38.3 Å². The molecule has 2 aromatic rings. The number of ether oxygens (including phenoxy) is 1. The second-order valence-corrected chi connectivity index (χ2v) is 5.76. The van der Waals surface area contributed by atoms with Crippen LogP contribution in [0, 0.1) is 0 Å². The fraction of sp³-hybridized carbons (Fsp3) is 0.500. The predicted molar refractivity (Wildman–Crippen MR) is 88.7 cm³/mol. The molecule has 0 amide bonds. The smallest absolute Gasteiger partial charge is 0.234 e. The number of nitrogens with zero attached hydrogens (tertiary/aromatic N) is 6. The molecule has 1 unspecified atom stereocenters. The van der Waals surface area contributed by atoms with Crippen LogP contribution >= 0.6 is 0 Å². The zero-order valence-electron chi connectivity index (χ0n) is 13.7. The first-order valence-electron chi connectivity index (χ1n) is 8.03. The van der Waals surface area contributed by atoms with Gasteiger partial charge in [0.05, 0.1) is 25.5 Å². The molecule has 128 valence electrons. The van der Waals surface area contributed by atoms with Crippen LogP contribution < -0.4 is 9.64 Å². The standard InChI is InChI=1S/C16H22N6O2/c1-21(12-14-18-4-2-5-19-14)13-3-6-22(11-13)15-9-17-10-16(20-15)24-8-7-23/h2,4-5,9-10,13,23H,3,6-8,11-12H2,1H3. The average Bonchev–Trinajstić information content (AvgIpc) is 3.11. The summed E-state index contributed by atoms with van der Waals surface area (Å²) in [5.41, 5.74) is 0. The molecule has 0 spiro atoms. The largest absolute Gasteiger partial charge is 0.474 e. The van der Waals surface area contributed by atoms with Gasteiger partial charge in [-0.15, -0.1) is 0 Å². The number of rotatable bonds is 7. The minimum Gasteiger partial charge on any atom is -0.474 e. The molecule has 0 saturated carbocycles. The number of anilines is 1. The second kappa shape index (κ2) is 7.98. The van der Waals surface area contributed by atoms with Crippen molar-refractivity contribution in [3.63, 3.8) is 0 Å². The van der Waals surface area contributed by atoms with Crippen LogP contribution in [0.4, 0.5) is 5.82 Å². The van der Waals surface area contributed by atoms with Crippen LogP contribution in [0.3, 0.4) is 0 Å². The molecule has 3 rings (SSSR count). The first-order valence-corrected chi connectivity index (χ1v) is 8.03. The van der Waals surface area contributed by atoms with E-state index in [1.807, 2.05) is 6.07 Å². The maximum Gasteiger partial charge on any atom is 0.234 e. The summed E-state index contributed by atoms with van der Waals surface area (Å²) >= 11 is 0. The summed E-state index contributed by atoms with van der Waals surface area (Å²) < 4.78 is 5.33. The molecule has 1 atom stereocenters. The molecule has 1 N–H and O–H groups in total. The molecule has 8 heteroatoms. The van der Waals surface area contributed by atoms with Gasteiger partial charge in [0.1, 0.15) is 12.4 Å². The first-order chi connectivity index (χ1) is 11.8. The van der Waals surface area contributed by atoms with Gasteiger partial charge < -0.3 is 14.7 Å². The Labute approximate surface area is 141 Å². The van der Waals surface area contributed by atoms with Crippen LogP contribution in [0.25, 0.3) is 0 Å². The Morgan fingerprint density at radius 2 is 2.17 bits per heavy atom. The summed E-state index contributed by atoms with van der Waals surface area (Å²) in [6, 6.07) is 2.24. The lowest BCUT2D eigenvalue weighted by atomic mass is 10.2. The van der Waals surface area contributed by atoms with Gasteiger partial charge in [-0.2, -0.15) is 4.98 Å². The summed E-state index contributed by atoms with van der Waals surface area (Å²) in [5, 5.41) is 8.83. The van der Waals surface area contributed by atoms with Gasteiger partial charge in [0, 0.05) is 31.5 Å². The Morgan fingerprint density at radius 3 is 2.96 bits per heavy atom. The normalized spacial score (nSPS) is 17.5. The Kier molecular flexibility index (Phi) is 5.50. The fourth-order valence-corrected chi connectivity index (χ4v) is 2.78. The third kappa shape index (κ3) is 4.15. The SMILES string of the molecule is CN(Cc1ncccn1)C1CCN(c2cncc(OCCO)n2)C1.